The van der Waals surface area contributed by atoms with Gasteiger partial charge in [-0.3, -0.25) is 0 Å². The van der Waals surface area contributed by atoms with Crippen molar-refractivity contribution in [3.05, 3.63) is 48.0 Å². The van der Waals surface area contributed by atoms with E-state index in [1.54, 1.807) is 12.4 Å². The van der Waals surface area contributed by atoms with Crippen LogP contribution in [0.1, 0.15) is 18.0 Å². The quantitative estimate of drug-likeness (QED) is 0.916. The van der Waals surface area contributed by atoms with Gasteiger partial charge in [0.15, 0.2) is 0 Å². The zero-order chi connectivity index (χ0) is 17.2. The summed E-state index contributed by atoms with van der Waals surface area (Å²) in [6.07, 6.45) is 1.64. The van der Waals surface area contributed by atoms with Gasteiger partial charge < -0.3 is 19.6 Å². The second-order valence-electron chi connectivity index (χ2n) is 6.45. The average molecular weight is 344 g/mol. The number of β-amino-alcohol motifs (C(OH)–C–C–N with tert-alkyl or cyclic N) is 1. The summed E-state index contributed by atoms with van der Waals surface area (Å²) in [6, 6.07) is 8.39. The topological polar surface area (TPSA) is 61.7 Å². The van der Waals surface area contributed by atoms with E-state index in [1.807, 2.05) is 17.0 Å². The fourth-order valence-corrected chi connectivity index (χ4v) is 3.56. The molecule has 2 saturated heterocycles. The van der Waals surface area contributed by atoms with Gasteiger partial charge in [0.1, 0.15) is 23.8 Å². The molecule has 7 heteroatoms. The number of anilines is 2. The van der Waals surface area contributed by atoms with E-state index < -0.39 is 6.10 Å². The number of nitrogens with zero attached hydrogens (tertiary/aromatic N) is 4. The predicted molar refractivity (Wildman–Crippen MR) is 92.2 cm³/mol. The Morgan fingerprint density at radius 2 is 1.92 bits per heavy atom. The third-order valence-electron chi connectivity index (χ3n) is 4.78. The maximum Gasteiger partial charge on any atom is 0.134 e. The van der Waals surface area contributed by atoms with Crippen LogP contribution in [0.25, 0.3) is 0 Å². The zero-order valence-electron chi connectivity index (χ0n) is 13.9. The van der Waals surface area contributed by atoms with Gasteiger partial charge in [-0.05, 0) is 24.1 Å². The molecule has 132 valence electrons. The highest BCUT2D eigenvalue weighted by molar-refractivity contribution is 5.53. The van der Waals surface area contributed by atoms with Crippen LogP contribution in [-0.2, 0) is 4.74 Å². The van der Waals surface area contributed by atoms with Crippen molar-refractivity contribution < 1.29 is 14.2 Å². The highest BCUT2D eigenvalue weighted by atomic mass is 19.1. The lowest BCUT2D eigenvalue weighted by Gasteiger charge is -2.30. The van der Waals surface area contributed by atoms with Crippen LogP contribution in [0.15, 0.2) is 36.7 Å². The molecule has 2 fully saturated rings. The number of benzene rings is 1. The molecule has 0 amide bonds. The van der Waals surface area contributed by atoms with Crippen LogP contribution in [-0.4, -0.2) is 54.0 Å². The van der Waals surface area contributed by atoms with Crippen LogP contribution in [0.2, 0.25) is 0 Å². The molecule has 0 aliphatic carbocycles. The summed E-state index contributed by atoms with van der Waals surface area (Å²) in [6.45, 7) is 3.45. The molecule has 0 saturated carbocycles. The fourth-order valence-electron chi connectivity index (χ4n) is 3.56. The Morgan fingerprint density at radius 3 is 2.72 bits per heavy atom. The Labute approximate surface area is 145 Å². The van der Waals surface area contributed by atoms with Gasteiger partial charge in [-0.1, -0.05) is 12.1 Å². The first-order chi connectivity index (χ1) is 12.2. The molecule has 0 spiro atoms. The van der Waals surface area contributed by atoms with Crippen molar-refractivity contribution in [2.75, 3.05) is 42.6 Å². The number of hydrogen-bond acceptors (Lipinski definition) is 6. The SMILES string of the molecule is O[C@H]1C[C@@H](c2cccc(F)c2)N(c2cc(N3CCOCC3)ncn2)C1. The summed E-state index contributed by atoms with van der Waals surface area (Å²) in [5, 5.41) is 10.2. The van der Waals surface area contributed by atoms with Gasteiger partial charge in [-0.15, -0.1) is 0 Å². The van der Waals surface area contributed by atoms with Gasteiger partial charge in [-0.2, -0.15) is 0 Å². The lowest BCUT2D eigenvalue weighted by molar-refractivity contribution is 0.122. The molecule has 25 heavy (non-hydrogen) atoms. The van der Waals surface area contributed by atoms with E-state index in [1.165, 1.54) is 12.1 Å². The van der Waals surface area contributed by atoms with E-state index in [2.05, 4.69) is 14.9 Å². The second-order valence-corrected chi connectivity index (χ2v) is 6.45. The first-order valence-corrected chi connectivity index (χ1v) is 8.55. The third-order valence-corrected chi connectivity index (χ3v) is 4.78. The van der Waals surface area contributed by atoms with Crippen LogP contribution in [0.3, 0.4) is 0 Å². The number of hydrogen-bond donors (Lipinski definition) is 1. The minimum absolute atomic E-state index is 0.0989. The van der Waals surface area contributed by atoms with Crippen LogP contribution < -0.4 is 9.80 Å². The Bertz CT molecular complexity index is 739. The summed E-state index contributed by atoms with van der Waals surface area (Å²) in [7, 11) is 0. The summed E-state index contributed by atoms with van der Waals surface area (Å²) in [5.41, 5.74) is 0.850. The number of ether oxygens (including phenoxy) is 1. The fraction of sp³-hybridized carbons (Fsp3) is 0.444. The van der Waals surface area contributed by atoms with Gasteiger partial charge in [-0.25, -0.2) is 14.4 Å². The molecule has 1 aromatic heterocycles. The highest BCUT2D eigenvalue weighted by Crippen LogP contribution is 2.36. The summed E-state index contributed by atoms with van der Waals surface area (Å²) >= 11 is 0. The molecule has 2 aliphatic rings. The molecule has 0 radical (unpaired) electrons. The molecule has 2 aromatic rings. The Morgan fingerprint density at radius 1 is 1.12 bits per heavy atom. The number of morpholine rings is 1. The first-order valence-electron chi connectivity index (χ1n) is 8.55. The average Bonchev–Trinajstić information content (AvgIpc) is 3.04. The van der Waals surface area contributed by atoms with Crippen molar-refractivity contribution in [1.29, 1.82) is 0 Å². The summed E-state index contributed by atoms with van der Waals surface area (Å²) in [5.74, 6) is 1.34. The lowest BCUT2D eigenvalue weighted by Crippen LogP contribution is -2.37. The van der Waals surface area contributed by atoms with E-state index in [0.29, 0.717) is 26.2 Å². The maximum atomic E-state index is 13.6. The predicted octanol–water partition coefficient (Wildman–Crippen LogP) is 1.76. The van der Waals surface area contributed by atoms with Crippen molar-refractivity contribution in [1.82, 2.24) is 9.97 Å². The Balaban J connectivity index is 1.63. The molecular formula is C18H21FN4O2. The molecular weight excluding hydrogens is 323 g/mol. The first kappa shape index (κ1) is 16.2. The molecule has 3 heterocycles. The normalized spacial score (nSPS) is 23.9. The van der Waals surface area contributed by atoms with Crippen molar-refractivity contribution in [2.24, 2.45) is 0 Å². The number of aromatic nitrogens is 2. The minimum Gasteiger partial charge on any atom is -0.391 e. The van der Waals surface area contributed by atoms with E-state index in [-0.39, 0.29) is 11.9 Å². The standard InChI is InChI=1S/C18H21FN4O2/c19-14-3-1-2-13(8-14)16-9-15(24)11-23(16)18-10-17(20-12-21-18)22-4-6-25-7-5-22/h1-3,8,10,12,15-16,24H,4-7,9,11H2/t15-,16-/m0/s1. The van der Waals surface area contributed by atoms with Crippen LogP contribution >= 0.6 is 0 Å². The molecule has 2 atom stereocenters. The van der Waals surface area contributed by atoms with Crippen molar-refractivity contribution >= 4 is 11.6 Å². The van der Waals surface area contributed by atoms with Crippen molar-refractivity contribution in [2.45, 2.75) is 18.6 Å². The monoisotopic (exact) mass is 344 g/mol. The lowest BCUT2D eigenvalue weighted by atomic mass is 10.0. The van der Waals surface area contributed by atoms with E-state index in [0.717, 1.165) is 30.3 Å². The molecule has 6 nitrogen and oxygen atoms in total. The minimum atomic E-state index is -0.463. The zero-order valence-corrected chi connectivity index (χ0v) is 13.9. The third kappa shape index (κ3) is 3.43. The second kappa shape index (κ2) is 6.93. The van der Waals surface area contributed by atoms with Crippen LogP contribution in [0.5, 0.6) is 0 Å². The van der Waals surface area contributed by atoms with Gasteiger partial charge in [0.05, 0.1) is 25.4 Å². The summed E-state index contributed by atoms with van der Waals surface area (Å²) < 4.78 is 19.0. The molecule has 2 aliphatic heterocycles. The van der Waals surface area contributed by atoms with E-state index >= 15 is 0 Å². The van der Waals surface area contributed by atoms with Crippen molar-refractivity contribution in [3.8, 4) is 0 Å². The Kier molecular flexibility index (Phi) is 4.50. The van der Waals surface area contributed by atoms with Gasteiger partial charge in [0.2, 0.25) is 0 Å². The van der Waals surface area contributed by atoms with Gasteiger partial charge >= 0.3 is 0 Å². The summed E-state index contributed by atoms with van der Waals surface area (Å²) in [4.78, 5) is 13.0. The maximum absolute atomic E-state index is 13.6. The number of rotatable bonds is 3. The highest BCUT2D eigenvalue weighted by Gasteiger charge is 2.33. The molecule has 1 aromatic carbocycles. The van der Waals surface area contributed by atoms with Crippen LogP contribution in [0, 0.1) is 5.82 Å². The van der Waals surface area contributed by atoms with Crippen molar-refractivity contribution in [3.63, 3.8) is 0 Å². The molecule has 0 bridgehead atoms. The van der Waals surface area contributed by atoms with E-state index in [9.17, 15) is 9.50 Å². The smallest absolute Gasteiger partial charge is 0.134 e. The van der Waals surface area contributed by atoms with Crippen LogP contribution in [0.4, 0.5) is 16.0 Å². The molecule has 1 N–H and O–H groups in total. The van der Waals surface area contributed by atoms with Gasteiger partial charge in [0, 0.05) is 25.7 Å². The number of aliphatic hydroxyl groups is 1. The van der Waals surface area contributed by atoms with E-state index in [4.69, 9.17) is 4.74 Å². The molecule has 4 rings (SSSR count). The largest absolute Gasteiger partial charge is 0.391 e. The Hall–Kier alpha value is -2.25. The number of halogens is 1. The number of aliphatic hydroxyl groups excluding tert-OH is 1. The molecule has 0 unspecified atom stereocenters. The van der Waals surface area contributed by atoms with Gasteiger partial charge in [0.25, 0.3) is 0 Å².